The summed E-state index contributed by atoms with van der Waals surface area (Å²) in [6.07, 6.45) is 7.18. The van der Waals surface area contributed by atoms with Crippen molar-refractivity contribution in [3.8, 4) is 0 Å². The first-order chi connectivity index (χ1) is 11.4. The molecule has 1 aliphatic carbocycles. The van der Waals surface area contributed by atoms with Crippen LogP contribution in [0, 0.1) is 10.8 Å². The highest BCUT2D eigenvalue weighted by molar-refractivity contribution is 14.0. The second-order valence-corrected chi connectivity index (χ2v) is 8.20. The number of aliphatic hydroxyl groups is 1. The summed E-state index contributed by atoms with van der Waals surface area (Å²) in [5, 5.41) is 16.2. The van der Waals surface area contributed by atoms with Crippen LogP contribution in [0.1, 0.15) is 66.2 Å². The van der Waals surface area contributed by atoms with Gasteiger partial charge in [-0.15, -0.1) is 24.0 Å². The summed E-state index contributed by atoms with van der Waals surface area (Å²) in [5.74, 6) is 0.853. The summed E-state index contributed by atoms with van der Waals surface area (Å²) in [5.41, 5.74) is 0.264. The molecule has 1 unspecified atom stereocenters. The van der Waals surface area contributed by atoms with Crippen molar-refractivity contribution in [3.63, 3.8) is 0 Å². The van der Waals surface area contributed by atoms with Crippen LogP contribution >= 0.6 is 24.0 Å². The van der Waals surface area contributed by atoms with Gasteiger partial charge in [-0.05, 0) is 37.0 Å². The zero-order valence-corrected chi connectivity index (χ0v) is 19.2. The van der Waals surface area contributed by atoms with Gasteiger partial charge in [-0.3, -0.25) is 4.99 Å². The molecule has 25 heavy (non-hydrogen) atoms. The Balaban J connectivity index is 0.00000576. The smallest absolute Gasteiger partial charge is 0.191 e. The number of nitrogens with zero attached hydrogens (tertiary/aromatic N) is 1. The van der Waals surface area contributed by atoms with Gasteiger partial charge in [-0.2, -0.15) is 0 Å². The topological polar surface area (TPSA) is 65.9 Å². The zero-order valence-electron chi connectivity index (χ0n) is 16.9. The molecule has 1 atom stereocenters. The molecule has 0 aromatic carbocycles. The van der Waals surface area contributed by atoms with E-state index in [4.69, 9.17) is 9.73 Å². The summed E-state index contributed by atoms with van der Waals surface area (Å²) in [6, 6.07) is 0. The van der Waals surface area contributed by atoms with Gasteiger partial charge in [0.1, 0.15) is 0 Å². The fourth-order valence-electron chi connectivity index (χ4n) is 3.55. The first-order valence-electron chi connectivity index (χ1n) is 9.53. The fourth-order valence-corrected chi connectivity index (χ4v) is 3.55. The van der Waals surface area contributed by atoms with Gasteiger partial charge < -0.3 is 20.5 Å². The first kappa shape index (κ1) is 24.9. The van der Waals surface area contributed by atoms with Crippen molar-refractivity contribution in [2.24, 2.45) is 15.8 Å². The number of halogens is 1. The molecule has 1 aliphatic rings. The van der Waals surface area contributed by atoms with Crippen molar-refractivity contribution in [2.75, 3.05) is 33.4 Å². The number of hydrogen-bond donors (Lipinski definition) is 3. The number of nitrogens with one attached hydrogen (secondary N) is 2. The van der Waals surface area contributed by atoms with Crippen LogP contribution in [0.5, 0.6) is 0 Å². The highest BCUT2D eigenvalue weighted by Gasteiger charge is 2.31. The van der Waals surface area contributed by atoms with Crippen LogP contribution in [-0.4, -0.2) is 50.5 Å². The number of rotatable bonds is 8. The maximum absolute atomic E-state index is 9.45. The molecule has 0 aromatic rings. The Morgan fingerprint density at radius 1 is 1.20 bits per heavy atom. The standard InChI is InChI=1S/C19H39N3O2.HI/c1-6-20-17(21-14-16(24-5)18(2,3)4)22-15-19(12-13-23)10-8-7-9-11-19;/h16,23H,6-15H2,1-5H3,(H2,20,21,22);1H. The van der Waals surface area contributed by atoms with Gasteiger partial charge in [-0.25, -0.2) is 0 Å². The summed E-state index contributed by atoms with van der Waals surface area (Å²) in [7, 11) is 1.76. The predicted molar refractivity (Wildman–Crippen MR) is 117 cm³/mol. The third-order valence-electron chi connectivity index (χ3n) is 5.18. The molecule has 0 aromatic heterocycles. The Morgan fingerprint density at radius 2 is 1.84 bits per heavy atom. The van der Waals surface area contributed by atoms with E-state index in [1.807, 2.05) is 0 Å². The lowest BCUT2D eigenvalue weighted by Crippen LogP contribution is -2.45. The normalized spacial score (nSPS) is 19.0. The third-order valence-corrected chi connectivity index (χ3v) is 5.18. The Morgan fingerprint density at radius 3 is 2.32 bits per heavy atom. The maximum atomic E-state index is 9.45. The molecule has 3 N–H and O–H groups in total. The van der Waals surface area contributed by atoms with Gasteiger partial charge in [0.05, 0.1) is 6.10 Å². The summed E-state index contributed by atoms with van der Waals surface area (Å²) >= 11 is 0. The Hall–Kier alpha value is -0.0800. The average Bonchev–Trinajstić information content (AvgIpc) is 2.53. The molecule has 150 valence electrons. The molecule has 6 heteroatoms. The van der Waals surface area contributed by atoms with Crippen LogP contribution in [0.3, 0.4) is 0 Å². The van der Waals surface area contributed by atoms with E-state index >= 15 is 0 Å². The van der Waals surface area contributed by atoms with Crippen LogP contribution in [0.25, 0.3) is 0 Å². The number of ether oxygens (including phenoxy) is 1. The molecule has 1 saturated carbocycles. The Bertz CT molecular complexity index is 372. The van der Waals surface area contributed by atoms with E-state index < -0.39 is 0 Å². The van der Waals surface area contributed by atoms with Crippen LogP contribution in [0.15, 0.2) is 4.99 Å². The molecule has 0 bridgehead atoms. The second kappa shape index (κ2) is 12.3. The van der Waals surface area contributed by atoms with E-state index in [0.29, 0.717) is 0 Å². The molecule has 0 heterocycles. The van der Waals surface area contributed by atoms with Crippen molar-refractivity contribution in [3.05, 3.63) is 0 Å². The number of aliphatic hydroxyl groups excluding tert-OH is 1. The van der Waals surface area contributed by atoms with Crippen molar-refractivity contribution in [2.45, 2.75) is 72.3 Å². The Kier molecular flexibility index (Phi) is 12.3. The molecule has 1 fully saturated rings. The van der Waals surface area contributed by atoms with E-state index in [9.17, 15) is 5.11 Å². The SMILES string of the molecule is CCNC(=NCC1(CCO)CCCCC1)NCC(OC)C(C)(C)C.I. The van der Waals surface area contributed by atoms with E-state index in [0.717, 1.165) is 32.0 Å². The molecule has 0 saturated heterocycles. The maximum Gasteiger partial charge on any atom is 0.191 e. The quantitative estimate of drug-likeness (QED) is 0.289. The fraction of sp³-hybridized carbons (Fsp3) is 0.947. The molecule has 0 spiro atoms. The van der Waals surface area contributed by atoms with Crippen LogP contribution in [0.4, 0.5) is 0 Å². The lowest BCUT2D eigenvalue weighted by atomic mass is 9.72. The van der Waals surface area contributed by atoms with E-state index in [-0.39, 0.29) is 47.5 Å². The molecule has 5 nitrogen and oxygen atoms in total. The van der Waals surface area contributed by atoms with Gasteiger partial charge in [-0.1, -0.05) is 40.0 Å². The van der Waals surface area contributed by atoms with E-state index in [2.05, 4.69) is 38.3 Å². The van der Waals surface area contributed by atoms with Gasteiger partial charge in [0, 0.05) is 33.4 Å². The second-order valence-electron chi connectivity index (χ2n) is 8.20. The minimum atomic E-state index is 0. The zero-order chi connectivity index (χ0) is 18.1. The highest BCUT2D eigenvalue weighted by Crippen LogP contribution is 2.39. The molecular formula is C19H40IN3O2. The lowest BCUT2D eigenvalue weighted by molar-refractivity contribution is 0.0205. The van der Waals surface area contributed by atoms with Crippen LogP contribution < -0.4 is 10.6 Å². The predicted octanol–water partition coefficient (Wildman–Crippen LogP) is 3.55. The third kappa shape index (κ3) is 8.91. The van der Waals surface area contributed by atoms with Gasteiger partial charge in [0.25, 0.3) is 0 Å². The van der Waals surface area contributed by atoms with Crippen molar-refractivity contribution in [1.29, 1.82) is 0 Å². The molecular weight excluding hydrogens is 429 g/mol. The largest absolute Gasteiger partial charge is 0.396 e. The number of hydrogen-bond acceptors (Lipinski definition) is 3. The van der Waals surface area contributed by atoms with E-state index in [1.54, 1.807) is 7.11 Å². The van der Waals surface area contributed by atoms with Gasteiger partial charge in [0.15, 0.2) is 5.96 Å². The molecule has 0 aliphatic heterocycles. The van der Waals surface area contributed by atoms with Crippen molar-refractivity contribution in [1.82, 2.24) is 10.6 Å². The summed E-state index contributed by atoms with van der Waals surface area (Å²) < 4.78 is 5.62. The molecule has 0 radical (unpaired) electrons. The molecule has 1 rings (SSSR count). The number of aliphatic imine (C=N–C) groups is 1. The minimum Gasteiger partial charge on any atom is -0.396 e. The van der Waals surface area contributed by atoms with Crippen molar-refractivity contribution < 1.29 is 9.84 Å². The monoisotopic (exact) mass is 469 g/mol. The number of guanidine groups is 1. The molecule has 0 amide bonds. The van der Waals surface area contributed by atoms with Crippen molar-refractivity contribution >= 4 is 29.9 Å². The summed E-state index contributed by atoms with van der Waals surface area (Å²) in [6.45, 7) is 11.3. The average molecular weight is 469 g/mol. The number of methoxy groups -OCH3 is 1. The lowest BCUT2D eigenvalue weighted by Gasteiger charge is -2.36. The highest BCUT2D eigenvalue weighted by atomic mass is 127. The van der Waals surface area contributed by atoms with Crippen LogP contribution in [0.2, 0.25) is 0 Å². The van der Waals surface area contributed by atoms with Gasteiger partial charge in [0.2, 0.25) is 0 Å². The Labute approximate surface area is 171 Å². The minimum absolute atomic E-state index is 0. The summed E-state index contributed by atoms with van der Waals surface area (Å²) in [4.78, 5) is 4.84. The van der Waals surface area contributed by atoms with Gasteiger partial charge >= 0.3 is 0 Å². The van der Waals surface area contributed by atoms with Crippen LogP contribution in [-0.2, 0) is 4.74 Å². The first-order valence-corrected chi connectivity index (χ1v) is 9.53. The van der Waals surface area contributed by atoms with E-state index in [1.165, 1.54) is 32.1 Å².